The first-order valence-corrected chi connectivity index (χ1v) is 10.7. The molecule has 0 radical (unpaired) electrons. The average Bonchev–Trinajstić information content (AvgIpc) is 3.25. The van der Waals surface area contributed by atoms with Crippen molar-refractivity contribution in [3.63, 3.8) is 0 Å². The highest BCUT2D eigenvalue weighted by Gasteiger charge is 2.30. The molecule has 4 rings (SSSR count). The number of halogens is 1. The Kier molecular flexibility index (Phi) is 5.39. The van der Waals surface area contributed by atoms with Crippen LogP contribution in [0.5, 0.6) is 0 Å². The van der Waals surface area contributed by atoms with Gasteiger partial charge in [-0.15, -0.1) is 11.3 Å². The van der Waals surface area contributed by atoms with Crippen LogP contribution >= 0.6 is 11.3 Å². The van der Waals surface area contributed by atoms with E-state index in [1.807, 2.05) is 30.9 Å². The zero-order valence-corrected chi connectivity index (χ0v) is 17.8. The van der Waals surface area contributed by atoms with Crippen molar-refractivity contribution in [1.82, 2.24) is 4.98 Å². The fraction of sp³-hybridized carbons (Fsp3) is 0.261. The first-order chi connectivity index (χ1) is 14.4. The second kappa shape index (κ2) is 7.99. The lowest BCUT2D eigenvalue weighted by Gasteiger charge is -2.22. The van der Waals surface area contributed by atoms with Crippen molar-refractivity contribution in [2.75, 3.05) is 10.2 Å². The van der Waals surface area contributed by atoms with Gasteiger partial charge in [-0.3, -0.25) is 14.9 Å². The van der Waals surface area contributed by atoms with Gasteiger partial charge in [0.1, 0.15) is 5.82 Å². The SMILES string of the molecule is CCC(=O)N1c2ccc(-c3nc(NC(=O)c4cccc(F)c4)sc3C)cc2CC1C. The Balaban J connectivity index is 1.59. The molecule has 1 unspecified atom stereocenters. The molecule has 1 aliphatic heterocycles. The van der Waals surface area contributed by atoms with E-state index in [2.05, 4.69) is 23.3 Å². The zero-order chi connectivity index (χ0) is 21.4. The third kappa shape index (κ3) is 3.73. The smallest absolute Gasteiger partial charge is 0.257 e. The molecule has 1 N–H and O–H groups in total. The standard InChI is InChI=1S/C23H22FN3O2S/c1-4-20(28)27-13(2)10-17-11-15(8-9-19(17)27)21-14(3)30-23(25-21)26-22(29)16-6-5-7-18(24)12-16/h5-9,11-13H,4,10H2,1-3H3,(H,25,26,29). The number of carbonyl (C=O) groups excluding carboxylic acids is 2. The van der Waals surface area contributed by atoms with E-state index in [1.165, 1.54) is 29.5 Å². The molecule has 0 bridgehead atoms. The summed E-state index contributed by atoms with van der Waals surface area (Å²) in [5, 5.41) is 3.22. The lowest BCUT2D eigenvalue weighted by Crippen LogP contribution is -2.35. The molecule has 30 heavy (non-hydrogen) atoms. The predicted octanol–water partition coefficient (Wildman–Crippen LogP) is 5.20. The minimum absolute atomic E-state index is 0.126. The van der Waals surface area contributed by atoms with Crippen LogP contribution in [0.25, 0.3) is 11.3 Å². The molecule has 154 valence electrons. The predicted molar refractivity (Wildman–Crippen MR) is 118 cm³/mol. The van der Waals surface area contributed by atoms with E-state index < -0.39 is 11.7 Å². The second-order valence-corrected chi connectivity index (χ2v) is 8.61. The van der Waals surface area contributed by atoms with Crippen LogP contribution in [-0.2, 0) is 11.2 Å². The van der Waals surface area contributed by atoms with Gasteiger partial charge in [0.2, 0.25) is 5.91 Å². The summed E-state index contributed by atoms with van der Waals surface area (Å²) in [7, 11) is 0. The number of rotatable bonds is 4. The Morgan fingerprint density at radius 3 is 2.80 bits per heavy atom. The summed E-state index contributed by atoms with van der Waals surface area (Å²) in [6.45, 7) is 5.88. The first kappa shape index (κ1) is 20.2. The highest BCUT2D eigenvalue weighted by atomic mass is 32.1. The number of nitrogens with one attached hydrogen (secondary N) is 1. The molecule has 2 aromatic carbocycles. The second-order valence-electron chi connectivity index (χ2n) is 7.40. The summed E-state index contributed by atoms with van der Waals surface area (Å²) in [6, 6.07) is 11.7. The van der Waals surface area contributed by atoms with E-state index in [0.29, 0.717) is 11.6 Å². The highest BCUT2D eigenvalue weighted by Crippen LogP contribution is 2.38. The van der Waals surface area contributed by atoms with Crippen LogP contribution in [0.4, 0.5) is 15.2 Å². The molecule has 2 amide bonds. The van der Waals surface area contributed by atoms with Crippen molar-refractivity contribution in [1.29, 1.82) is 0 Å². The Bertz CT molecular complexity index is 1140. The van der Waals surface area contributed by atoms with Gasteiger partial charge in [0, 0.05) is 34.2 Å². The molecule has 0 saturated carbocycles. The average molecular weight is 424 g/mol. The summed E-state index contributed by atoms with van der Waals surface area (Å²) in [6.07, 6.45) is 1.28. The van der Waals surface area contributed by atoms with Crippen LogP contribution in [-0.4, -0.2) is 22.8 Å². The molecular weight excluding hydrogens is 401 g/mol. The van der Waals surface area contributed by atoms with Crippen molar-refractivity contribution in [2.24, 2.45) is 0 Å². The zero-order valence-electron chi connectivity index (χ0n) is 17.0. The first-order valence-electron chi connectivity index (χ1n) is 9.87. The lowest BCUT2D eigenvalue weighted by molar-refractivity contribution is -0.118. The molecule has 1 aliphatic rings. The maximum atomic E-state index is 13.4. The molecule has 2 heterocycles. The molecule has 7 heteroatoms. The number of thiazole rings is 1. The topological polar surface area (TPSA) is 62.3 Å². The number of amides is 2. The van der Waals surface area contributed by atoms with Gasteiger partial charge < -0.3 is 4.90 Å². The molecule has 0 aliphatic carbocycles. The van der Waals surface area contributed by atoms with Crippen LogP contribution in [0.3, 0.4) is 0 Å². The van der Waals surface area contributed by atoms with Gasteiger partial charge in [0.25, 0.3) is 5.91 Å². The summed E-state index contributed by atoms with van der Waals surface area (Å²) >= 11 is 1.38. The minimum Gasteiger partial charge on any atom is -0.309 e. The molecule has 0 saturated heterocycles. The van der Waals surface area contributed by atoms with Crippen LogP contribution < -0.4 is 10.2 Å². The molecule has 0 spiro atoms. The van der Waals surface area contributed by atoms with Crippen molar-refractivity contribution in [3.05, 3.63) is 64.3 Å². The molecular formula is C23H22FN3O2S. The minimum atomic E-state index is -0.457. The number of carbonyl (C=O) groups is 2. The van der Waals surface area contributed by atoms with Crippen molar-refractivity contribution in [2.45, 2.75) is 39.7 Å². The quantitative estimate of drug-likeness (QED) is 0.628. The largest absolute Gasteiger partial charge is 0.309 e. The molecule has 1 aromatic heterocycles. The highest BCUT2D eigenvalue weighted by molar-refractivity contribution is 7.16. The number of benzene rings is 2. The maximum absolute atomic E-state index is 13.4. The van der Waals surface area contributed by atoms with Crippen molar-refractivity contribution in [3.8, 4) is 11.3 Å². The Labute approximate surface area is 178 Å². The number of aryl methyl sites for hydroxylation is 1. The summed E-state index contributed by atoms with van der Waals surface area (Å²) < 4.78 is 13.4. The van der Waals surface area contributed by atoms with E-state index in [1.54, 1.807) is 6.07 Å². The molecule has 1 atom stereocenters. The molecule has 5 nitrogen and oxygen atoms in total. The van der Waals surface area contributed by atoms with Gasteiger partial charge in [-0.1, -0.05) is 19.1 Å². The van der Waals surface area contributed by atoms with Gasteiger partial charge >= 0.3 is 0 Å². The summed E-state index contributed by atoms with van der Waals surface area (Å²) in [4.78, 5) is 32.1. The lowest BCUT2D eigenvalue weighted by atomic mass is 10.0. The van der Waals surface area contributed by atoms with Gasteiger partial charge in [0.15, 0.2) is 5.13 Å². The van der Waals surface area contributed by atoms with E-state index in [-0.39, 0.29) is 17.5 Å². The summed E-state index contributed by atoms with van der Waals surface area (Å²) in [5.74, 6) is -0.728. The van der Waals surface area contributed by atoms with Crippen LogP contribution in [0.1, 0.15) is 41.1 Å². The van der Waals surface area contributed by atoms with Gasteiger partial charge in [-0.2, -0.15) is 0 Å². The van der Waals surface area contributed by atoms with Crippen LogP contribution in [0.2, 0.25) is 0 Å². The van der Waals surface area contributed by atoms with Gasteiger partial charge in [-0.05, 0) is 56.2 Å². The van der Waals surface area contributed by atoms with Crippen molar-refractivity contribution >= 4 is 34.0 Å². The van der Waals surface area contributed by atoms with E-state index >= 15 is 0 Å². The monoisotopic (exact) mass is 423 g/mol. The number of hydrogen-bond acceptors (Lipinski definition) is 4. The number of nitrogens with zero attached hydrogens (tertiary/aromatic N) is 2. The van der Waals surface area contributed by atoms with Crippen LogP contribution in [0.15, 0.2) is 42.5 Å². The van der Waals surface area contributed by atoms with Crippen LogP contribution in [0, 0.1) is 12.7 Å². The molecule has 0 fully saturated rings. The third-order valence-corrected chi connectivity index (χ3v) is 6.13. The maximum Gasteiger partial charge on any atom is 0.257 e. The van der Waals surface area contributed by atoms with Gasteiger partial charge in [0.05, 0.1) is 5.69 Å². The van der Waals surface area contributed by atoms with Gasteiger partial charge in [-0.25, -0.2) is 9.37 Å². The van der Waals surface area contributed by atoms with Crippen molar-refractivity contribution < 1.29 is 14.0 Å². The number of hydrogen-bond donors (Lipinski definition) is 1. The summed E-state index contributed by atoms with van der Waals surface area (Å²) in [5.41, 5.74) is 4.08. The Morgan fingerprint density at radius 2 is 2.07 bits per heavy atom. The number of fused-ring (bicyclic) bond motifs is 1. The number of anilines is 2. The fourth-order valence-corrected chi connectivity index (χ4v) is 4.68. The molecule has 3 aromatic rings. The fourth-order valence-electron chi connectivity index (χ4n) is 3.85. The Hall–Kier alpha value is -3.06. The third-order valence-electron chi connectivity index (χ3n) is 5.24. The van der Waals surface area contributed by atoms with E-state index in [0.717, 1.165) is 33.8 Å². The number of aromatic nitrogens is 1. The van der Waals surface area contributed by atoms with E-state index in [4.69, 9.17) is 0 Å². The van der Waals surface area contributed by atoms with E-state index in [9.17, 15) is 14.0 Å². The Morgan fingerprint density at radius 1 is 1.27 bits per heavy atom. The normalized spacial score (nSPS) is 15.2.